The summed E-state index contributed by atoms with van der Waals surface area (Å²) in [6.45, 7) is 0. The fourth-order valence-corrected chi connectivity index (χ4v) is 1.13. The molecule has 1 N–H and O–H groups in total. The molecule has 0 aliphatic carbocycles. The Morgan fingerprint density at radius 1 is 1.50 bits per heavy atom. The van der Waals surface area contributed by atoms with Crippen molar-refractivity contribution in [3.05, 3.63) is 22.6 Å². The van der Waals surface area contributed by atoms with Crippen LogP contribution in [0.4, 0.5) is 5.82 Å². The van der Waals surface area contributed by atoms with Crippen molar-refractivity contribution in [2.24, 2.45) is 0 Å². The maximum Gasteiger partial charge on any atom is 0.350 e. The van der Waals surface area contributed by atoms with Gasteiger partial charge in [0.2, 0.25) is 0 Å². The zero-order valence-electron chi connectivity index (χ0n) is 8.20. The van der Waals surface area contributed by atoms with Gasteiger partial charge in [0.1, 0.15) is 6.20 Å². The molecular weight excluding hydrogens is 218 g/mol. The Balaban J connectivity index is 2.62. The first kappa shape index (κ1) is 11.8. The van der Waals surface area contributed by atoms with Gasteiger partial charge in [-0.15, -0.1) is 4.57 Å². The highest BCUT2D eigenvalue weighted by Crippen LogP contribution is 2.11. The number of carbonyl (C=O) groups excluding carboxylic acids is 1. The molecule has 0 saturated carbocycles. The maximum atomic E-state index is 11.4. The van der Waals surface area contributed by atoms with Crippen molar-refractivity contribution in [3.63, 3.8) is 0 Å². The number of aliphatic carboxylic acids is 1. The number of carboxylic acids is 1. The summed E-state index contributed by atoms with van der Waals surface area (Å²) >= 11 is 0. The van der Waals surface area contributed by atoms with Crippen molar-refractivity contribution in [1.82, 2.24) is 9.55 Å². The van der Waals surface area contributed by atoms with Crippen molar-refractivity contribution in [1.29, 1.82) is 0 Å². The third kappa shape index (κ3) is 2.87. The fourth-order valence-electron chi connectivity index (χ4n) is 1.13. The minimum atomic E-state index is -1.01. The summed E-state index contributed by atoms with van der Waals surface area (Å²) in [4.78, 5) is 34.9. The first-order valence-corrected chi connectivity index (χ1v) is 4.44. The van der Waals surface area contributed by atoms with E-state index in [0.29, 0.717) is 0 Å². The predicted molar refractivity (Wildman–Crippen MR) is 51.0 cm³/mol. The molecule has 86 valence electrons. The summed E-state index contributed by atoms with van der Waals surface area (Å²) in [5, 5.41) is 18.8. The molecule has 0 aliphatic heterocycles. The lowest BCUT2D eigenvalue weighted by atomic mass is 10.2. The number of nitro groups is 1. The maximum absolute atomic E-state index is 11.4. The number of nitrogens with zero attached hydrogens (tertiary/aromatic N) is 3. The van der Waals surface area contributed by atoms with Crippen molar-refractivity contribution >= 4 is 17.7 Å². The second kappa shape index (κ2) is 5.01. The quantitative estimate of drug-likeness (QED) is 0.584. The van der Waals surface area contributed by atoms with Gasteiger partial charge in [0.15, 0.2) is 6.33 Å². The van der Waals surface area contributed by atoms with E-state index in [2.05, 4.69) is 4.98 Å². The Hall–Kier alpha value is -2.25. The number of imidazole rings is 1. The second-order valence-electron chi connectivity index (χ2n) is 3.02. The van der Waals surface area contributed by atoms with Gasteiger partial charge in [0.05, 0.1) is 6.42 Å². The molecule has 0 bridgehead atoms. The van der Waals surface area contributed by atoms with Gasteiger partial charge < -0.3 is 15.2 Å². The first-order chi connectivity index (χ1) is 7.52. The number of carboxylic acid groups (broad SMARTS) is 1. The van der Waals surface area contributed by atoms with E-state index in [9.17, 15) is 19.7 Å². The van der Waals surface area contributed by atoms with E-state index in [-0.39, 0.29) is 19.3 Å². The van der Waals surface area contributed by atoms with Crippen LogP contribution in [0.2, 0.25) is 0 Å². The van der Waals surface area contributed by atoms with Crippen LogP contribution >= 0.6 is 0 Å². The lowest BCUT2D eigenvalue weighted by Gasteiger charge is -1.98. The van der Waals surface area contributed by atoms with Crippen molar-refractivity contribution in [2.75, 3.05) is 0 Å². The number of hydrogen-bond acceptors (Lipinski definition) is 5. The summed E-state index contributed by atoms with van der Waals surface area (Å²) in [7, 11) is 0. The molecule has 8 heteroatoms. The summed E-state index contributed by atoms with van der Waals surface area (Å²) in [5.74, 6) is -1.96. The average Bonchev–Trinajstić information content (AvgIpc) is 2.65. The van der Waals surface area contributed by atoms with Gasteiger partial charge in [-0.2, -0.15) is 0 Å². The molecule has 0 aliphatic rings. The molecule has 8 nitrogen and oxygen atoms in total. The van der Waals surface area contributed by atoms with Crippen LogP contribution in [0.15, 0.2) is 12.5 Å². The van der Waals surface area contributed by atoms with E-state index in [1.165, 1.54) is 0 Å². The number of hydrogen-bond donors (Lipinski definition) is 1. The number of rotatable bonds is 5. The molecule has 16 heavy (non-hydrogen) atoms. The Morgan fingerprint density at radius 3 is 2.75 bits per heavy atom. The summed E-state index contributed by atoms with van der Waals surface area (Å²) in [6, 6.07) is 0. The highest BCUT2D eigenvalue weighted by Gasteiger charge is 2.20. The molecule has 0 spiro atoms. The van der Waals surface area contributed by atoms with Crippen LogP contribution in [0.25, 0.3) is 0 Å². The van der Waals surface area contributed by atoms with Gasteiger partial charge in [-0.3, -0.25) is 4.79 Å². The number of aromatic nitrogens is 2. The molecule has 1 heterocycles. The van der Waals surface area contributed by atoms with Crippen molar-refractivity contribution in [2.45, 2.75) is 19.3 Å². The lowest BCUT2D eigenvalue weighted by Crippen LogP contribution is -2.12. The standard InChI is InChI=1S/C8H9N3O5/c12-7(2-1-3-8(13)14)10-5-9-4-6(10)11(15)16/h4-5H,1-3H2,(H,13,14). The zero-order valence-corrected chi connectivity index (χ0v) is 8.20. The Morgan fingerprint density at radius 2 is 2.19 bits per heavy atom. The molecule has 1 rings (SSSR count). The first-order valence-electron chi connectivity index (χ1n) is 4.44. The van der Waals surface area contributed by atoms with Crippen LogP contribution in [0.5, 0.6) is 0 Å². The molecular formula is C8H9N3O5. The molecule has 1 aromatic rings. The molecule has 0 amide bonds. The van der Waals surface area contributed by atoms with Crippen LogP contribution in [0, 0.1) is 10.1 Å². The van der Waals surface area contributed by atoms with E-state index >= 15 is 0 Å². The normalized spacial score (nSPS) is 10.0. The molecule has 0 radical (unpaired) electrons. The van der Waals surface area contributed by atoms with Crippen LogP contribution < -0.4 is 0 Å². The van der Waals surface area contributed by atoms with Crippen molar-refractivity contribution < 1.29 is 19.6 Å². The molecule has 0 atom stereocenters. The van der Waals surface area contributed by atoms with Crippen LogP contribution in [0.3, 0.4) is 0 Å². The van der Waals surface area contributed by atoms with Gasteiger partial charge in [0, 0.05) is 6.42 Å². The van der Waals surface area contributed by atoms with Crippen LogP contribution in [0.1, 0.15) is 24.1 Å². The molecule has 0 aromatic carbocycles. The monoisotopic (exact) mass is 227 g/mol. The molecule has 0 fully saturated rings. The van der Waals surface area contributed by atoms with Crippen LogP contribution in [-0.2, 0) is 4.79 Å². The minimum absolute atomic E-state index is 0.0660. The van der Waals surface area contributed by atoms with Gasteiger partial charge in [-0.25, -0.2) is 9.78 Å². The van der Waals surface area contributed by atoms with Crippen LogP contribution in [-0.4, -0.2) is 31.5 Å². The van der Waals surface area contributed by atoms with E-state index in [1.54, 1.807) is 0 Å². The highest BCUT2D eigenvalue weighted by molar-refractivity contribution is 5.81. The summed E-state index contributed by atoms with van der Waals surface area (Å²) in [6.07, 6.45) is 1.94. The Labute approximate surface area is 89.7 Å². The lowest BCUT2D eigenvalue weighted by molar-refractivity contribution is -0.390. The molecule has 1 aromatic heterocycles. The predicted octanol–water partition coefficient (Wildman–Crippen LogP) is 0.686. The minimum Gasteiger partial charge on any atom is -0.481 e. The third-order valence-electron chi connectivity index (χ3n) is 1.86. The van der Waals surface area contributed by atoms with Gasteiger partial charge >= 0.3 is 17.7 Å². The second-order valence-corrected chi connectivity index (χ2v) is 3.02. The SMILES string of the molecule is O=C(O)CCCC(=O)n1cncc1[N+](=O)[O-]. The zero-order chi connectivity index (χ0) is 12.1. The summed E-state index contributed by atoms with van der Waals surface area (Å²) in [5.41, 5.74) is 0. The average molecular weight is 227 g/mol. The fraction of sp³-hybridized carbons (Fsp3) is 0.375. The van der Waals surface area contributed by atoms with E-state index in [1.807, 2.05) is 0 Å². The Bertz CT molecular complexity index is 425. The van der Waals surface area contributed by atoms with Gasteiger partial charge in [0.25, 0.3) is 0 Å². The van der Waals surface area contributed by atoms with Gasteiger partial charge in [-0.05, 0) is 11.3 Å². The Kier molecular flexibility index (Phi) is 3.70. The highest BCUT2D eigenvalue weighted by atomic mass is 16.6. The summed E-state index contributed by atoms with van der Waals surface area (Å²) < 4.78 is 0.807. The molecule has 0 unspecified atom stereocenters. The largest absolute Gasteiger partial charge is 0.481 e. The number of carbonyl (C=O) groups is 2. The van der Waals surface area contributed by atoms with Gasteiger partial charge in [-0.1, -0.05) is 0 Å². The third-order valence-corrected chi connectivity index (χ3v) is 1.86. The smallest absolute Gasteiger partial charge is 0.350 e. The molecule has 0 saturated heterocycles. The van der Waals surface area contributed by atoms with E-state index in [4.69, 9.17) is 5.11 Å². The van der Waals surface area contributed by atoms with E-state index < -0.39 is 22.6 Å². The van der Waals surface area contributed by atoms with E-state index in [0.717, 1.165) is 17.1 Å². The van der Waals surface area contributed by atoms with Crippen molar-refractivity contribution in [3.8, 4) is 0 Å². The topological polar surface area (TPSA) is 115 Å².